The minimum atomic E-state index is -0.560. The van der Waals surface area contributed by atoms with Crippen molar-refractivity contribution in [1.29, 1.82) is 0 Å². The van der Waals surface area contributed by atoms with E-state index in [1.54, 1.807) is 19.2 Å². The van der Waals surface area contributed by atoms with Crippen LogP contribution >= 0.6 is 11.6 Å². The molecule has 17 heavy (non-hydrogen) atoms. The van der Waals surface area contributed by atoms with Crippen LogP contribution < -0.4 is 0 Å². The molecule has 1 aromatic carbocycles. The molecule has 1 atom stereocenters. The molecule has 1 N–H and O–H groups in total. The number of benzene rings is 1. The Morgan fingerprint density at radius 2 is 2.00 bits per heavy atom. The second kappa shape index (κ2) is 4.82. The van der Waals surface area contributed by atoms with Crippen LogP contribution in [0.15, 0.2) is 30.5 Å². The summed E-state index contributed by atoms with van der Waals surface area (Å²) in [6.07, 6.45) is 1.08. The SMILES string of the molecule is Cc1nc(-c2ccccc2Cl)ncc1[C@H](C)O. The molecule has 0 amide bonds. The second-order valence-electron chi connectivity index (χ2n) is 3.89. The van der Waals surface area contributed by atoms with Crippen molar-refractivity contribution >= 4 is 11.6 Å². The quantitative estimate of drug-likeness (QED) is 0.888. The van der Waals surface area contributed by atoms with E-state index < -0.39 is 6.10 Å². The van der Waals surface area contributed by atoms with E-state index in [2.05, 4.69) is 9.97 Å². The van der Waals surface area contributed by atoms with E-state index in [1.165, 1.54) is 0 Å². The van der Waals surface area contributed by atoms with Gasteiger partial charge < -0.3 is 5.11 Å². The molecule has 0 unspecified atom stereocenters. The standard InChI is InChI=1S/C13H13ClN2O/c1-8-11(9(2)17)7-15-13(16-8)10-5-3-4-6-12(10)14/h3-7,9,17H,1-2H3/t9-/m0/s1. The predicted octanol–water partition coefficient (Wildman–Crippen LogP) is 3.16. The molecule has 3 nitrogen and oxygen atoms in total. The fourth-order valence-corrected chi connectivity index (χ4v) is 1.88. The largest absolute Gasteiger partial charge is 0.389 e. The van der Waals surface area contributed by atoms with Crippen LogP contribution in [-0.2, 0) is 0 Å². The zero-order valence-corrected chi connectivity index (χ0v) is 10.4. The summed E-state index contributed by atoms with van der Waals surface area (Å²) < 4.78 is 0. The Bertz CT molecular complexity index is 541. The van der Waals surface area contributed by atoms with Gasteiger partial charge in [-0.05, 0) is 26.0 Å². The minimum absolute atomic E-state index is 0.560. The lowest BCUT2D eigenvalue weighted by Gasteiger charge is -2.09. The number of hydrogen-bond donors (Lipinski definition) is 1. The molecule has 0 radical (unpaired) electrons. The molecule has 2 aromatic rings. The lowest BCUT2D eigenvalue weighted by Crippen LogP contribution is -2.01. The molecule has 0 bridgehead atoms. The molecule has 2 rings (SSSR count). The summed E-state index contributed by atoms with van der Waals surface area (Å²) >= 11 is 6.08. The van der Waals surface area contributed by atoms with Crippen LogP contribution in [0.1, 0.15) is 24.3 Å². The van der Waals surface area contributed by atoms with Gasteiger partial charge in [-0.15, -0.1) is 0 Å². The molecule has 0 aliphatic heterocycles. The molecule has 0 fully saturated rings. The van der Waals surface area contributed by atoms with Gasteiger partial charge in [-0.25, -0.2) is 9.97 Å². The summed E-state index contributed by atoms with van der Waals surface area (Å²) in [5, 5.41) is 10.1. The van der Waals surface area contributed by atoms with Crippen molar-refractivity contribution in [2.24, 2.45) is 0 Å². The van der Waals surface area contributed by atoms with Crippen LogP contribution in [0.5, 0.6) is 0 Å². The van der Waals surface area contributed by atoms with E-state index in [0.29, 0.717) is 10.8 Å². The number of aliphatic hydroxyl groups excluding tert-OH is 1. The Morgan fingerprint density at radius 1 is 1.29 bits per heavy atom. The van der Waals surface area contributed by atoms with E-state index >= 15 is 0 Å². The van der Waals surface area contributed by atoms with Gasteiger partial charge in [0.2, 0.25) is 0 Å². The lowest BCUT2D eigenvalue weighted by molar-refractivity contribution is 0.197. The van der Waals surface area contributed by atoms with Gasteiger partial charge in [0.1, 0.15) is 0 Å². The highest BCUT2D eigenvalue weighted by Gasteiger charge is 2.10. The first kappa shape index (κ1) is 12.0. The van der Waals surface area contributed by atoms with Gasteiger partial charge in [-0.1, -0.05) is 23.7 Å². The van der Waals surface area contributed by atoms with E-state index in [1.807, 2.05) is 25.1 Å². The van der Waals surface area contributed by atoms with Crippen LogP contribution in [-0.4, -0.2) is 15.1 Å². The Morgan fingerprint density at radius 3 is 2.59 bits per heavy atom. The molecule has 0 aliphatic rings. The Hall–Kier alpha value is -1.45. The van der Waals surface area contributed by atoms with Crippen LogP contribution in [0, 0.1) is 6.92 Å². The van der Waals surface area contributed by atoms with Crippen molar-refractivity contribution in [3.05, 3.63) is 46.7 Å². The maximum absolute atomic E-state index is 9.51. The van der Waals surface area contributed by atoms with Gasteiger partial charge in [-0.3, -0.25) is 0 Å². The van der Waals surface area contributed by atoms with Crippen molar-refractivity contribution in [3.63, 3.8) is 0 Å². The highest BCUT2D eigenvalue weighted by molar-refractivity contribution is 6.33. The number of aliphatic hydroxyl groups is 1. The van der Waals surface area contributed by atoms with E-state index in [0.717, 1.165) is 16.8 Å². The summed E-state index contributed by atoms with van der Waals surface area (Å²) in [5.74, 6) is 0.581. The van der Waals surface area contributed by atoms with Crippen LogP contribution in [0.2, 0.25) is 5.02 Å². The second-order valence-corrected chi connectivity index (χ2v) is 4.30. The number of rotatable bonds is 2. The fraction of sp³-hybridized carbons (Fsp3) is 0.231. The normalized spacial score (nSPS) is 12.5. The Kier molecular flexibility index (Phi) is 3.41. The van der Waals surface area contributed by atoms with Crippen LogP contribution in [0.4, 0.5) is 0 Å². The third kappa shape index (κ3) is 2.46. The first-order valence-electron chi connectivity index (χ1n) is 5.36. The van der Waals surface area contributed by atoms with E-state index in [9.17, 15) is 5.11 Å². The highest BCUT2D eigenvalue weighted by atomic mass is 35.5. The summed E-state index contributed by atoms with van der Waals surface area (Å²) in [6.45, 7) is 3.55. The number of hydrogen-bond acceptors (Lipinski definition) is 3. The van der Waals surface area contributed by atoms with Gasteiger partial charge in [0, 0.05) is 23.0 Å². The van der Waals surface area contributed by atoms with Crippen LogP contribution in [0.3, 0.4) is 0 Å². The lowest BCUT2D eigenvalue weighted by atomic mass is 10.1. The van der Waals surface area contributed by atoms with Crippen molar-refractivity contribution in [2.75, 3.05) is 0 Å². The minimum Gasteiger partial charge on any atom is -0.389 e. The molecule has 0 saturated heterocycles. The smallest absolute Gasteiger partial charge is 0.160 e. The Balaban J connectivity index is 2.49. The first-order chi connectivity index (χ1) is 8.09. The van der Waals surface area contributed by atoms with Crippen molar-refractivity contribution < 1.29 is 5.11 Å². The molecule has 1 aromatic heterocycles. The first-order valence-corrected chi connectivity index (χ1v) is 5.74. The summed E-state index contributed by atoms with van der Waals surface area (Å²) in [5.41, 5.74) is 2.31. The van der Waals surface area contributed by atoms with E-state index in [4.69, 9.17) is 11.6 Å². The Labute approximate surface area is 105 Å². The zero-order valence-electron chi connectivity index (χ0n) is 9.68. The average molecular weight is 249 g/mol. The van der Waals surface area contributed by atoms with E-state index in [-0.39, 0.29) is 0 Å². The topological polar surface area (TPSA) is 46.0 Å². The van der Waals surface area contributed by atoms with Gasteiger partial charge in [0.15, 0.2) is 5.82 Å². The average Bonchev–Trinajstić information content (AvgIpc) is 2.29. The van der Waals surface area contributed by atoms with Gasteiger partial charge in [0.25, 0.3) is 0 Å². The number of nitrogens with zero attached hydrogens (tertiary/aromatic N) is 2. The third-order valence-corrected chi connectivity index (χ3v) is 2.91. The molecular weight excluding hydrogens is 236 g/mol. The number of aromatic nitrogens is 2. The van der Waals surface area contributed by atoms with Crippen LogP contribution in [0.25, 0.3) is 11.4 Å². The predicted molar refractivity (Wildman–Crippen MR) is 67.8 cm³/mol. The third-order valence-electron chi connectivity index (χ3n) is 2.58. The molecule has 0 saturated carbocycles. The summed E-state index contributed by atoms with van der Waals surface area (Å²) in [6, 6.07) is 7.43. The van der Waals surface area contributed by atoms with Gasteiger partial charge >= 0.3 is 0 Å². The zero-order chi connectivity index (χ0) is 12.4. The summed E-state index contributed by atoms with van der Waals surface area (Å²) in [4.78, 5) is 8.61. The maximum atomic E-state index is 9.51. The molecule has 0 spiro atoms. The summed E-state index contributed by atoms with van der Waals surface area (Å²) in [7, 11) is 0. The fourth-order valence-electron chi connectivity index (χ4n) is 1.66. The maximum Gasteiger partial charge on any atom is 0.160 e. The molecule has 0 aliphatic carbocycles. The van der Waals surface area contributed by atoms with Crippen molar-refractivity contribution in [1.82, 2.24) is 9.97 Å². The van der Waals surface area contributed by atoms with Crippen molar-refractivity contribution in [3.8, 4) is 11.4 Å². The molecule has 4 heteroatoms. The number of halogens is 1. The van der Waals surface area contributed by atoms with Crippen molar-refractivity contribution in [2.45, 2.75) is 20.0 Å². The van der Waals surface area contributed by atoms with Gasteiger partial charge in [-0.2, -0.15) is 0 Å². The van der Waals surface area contributed by atoms with Gasteiger partial charge in [0.05, 0.1) is 11.1 Å². The highest BCUT2D eigenvalue weighted by Crippen LogP contribution is 2.25. The monoisotopic (exact) mass is 248 g/mol. The molecule has 88 valence electrons. The molecular formula is C13H13ClN2O. The molecule has 1 heterocycles. The number of aryl methyl sites for hydroxylation is 1.